The van der Waals surface area contributed by atoms with Crippen LogP contribution in [0, 0.1) is 17.8 Å². The highest BCUT2D eigenvalue weighted by Gasteiger charge is 2.18. The van der Waals surface area contributed by atoms with Crippen molar-refractivity contribution < 1.29 is 8.42 Å². The van der Waals surface area contributed by atoms with E-state index in [1.54, 1.807) is 30.5 Å². The standard InChI is InChI=1S/C21H18N2O2S/c24-26(25,19-11-9-17(10-12-19)8-7-16-5-6-16)23-15-18-13-14-22-21-4-2-1-3-20(18)21/h1-4,9-14,16,23H,5-6,15H2. The van der Waals surface area contributed by atoms with Gasteiger partial charge < -0.3 is 0 Å². The molecule has 130 valence electrons. The maximum Gasteiger partial charge on any atom is 0.240 e. The molecule has 0 radical (unpaired) electrons. The van der Waals surface area contributed by atoms with Crippen molar-refractivity contribution >= 4 is 20.9 Å². The average molecular weight is 362 g/mol. The third-order valence-corrected chi connectivity index (χ3v) is 5.77. The maximum absolute atomic E-state index is 12.6. The summed E-state index contributed by atoms with van der Waals surface area (Å²) in [5.74, 6) is 6.79. The van der Waals surface area contributed by atoms with Crippen LogP contribution in [0.15, 0.2) is 65.7 Å². The summed E-state index contributed by atoms with van der Waals surface area (Å²) in [6.45, 7) is 0.217. The summed E-state index contributed by atoms with van der Waals surface area (Å²) in [6.07, 6.45) is 4.04. The Labute approximate surface area is 153 Å². The van der Waals surface area contributed by atoms with E-state index in [1.165, 1.54) is 12.8 Å². The van der Waals surface area contributed by atoms with Crippen molar-refractivity contribution in [3.63, 3.8) is 0 Å². The number of nitrogens with one attached hydrogen (secondary N) is 1. The molecule has 0 bridgehead atoms. The first-order valence-electron chi connectivity index (χ1n) is 8.56. The predicted octanol–water partition coefficient (Wildman–Crippen LogP) is 3.47. The van der Waals surface area contributed by atoms with Crippen LogP contribution in [0.25, 0.3) is 10.9 Å². The number of pyridine rings is 1. The predicted molar refractivity (Wildman–Crippen MR) is 102 cm³/mol. The van der Waals surface area contributed by atoms with E-state index in [0.29, 0.717) is 5.92 Å². The molecule has 0 aliphatic heterocycles. The van der Waals surface area contributed by atoms with Crippen LogP contribution >= 0.6 is 0 Å². The van der Waals surface area contributed by atoms with Gasteiger partial charge in [0, 0.05) is 29.6 Å². The van der Waals surface area contributed by atoms with Gasteiger partial charge in [-0.2, -0.15) is 0 Å². The van der Waals surface area contributed by atoms with Crippen LogP contribution in [0.4, 0.5) is 0 Å². The Morgan fingerprint density at radius 3 is 2.58 bits per heavy atom. The first kappa shape index (κ1) is 16.8. The van der Waals surface area contributed by atoms with Crippen molar-refractivity contribution in [2.24, 2.45) is 5.92 Å². The van der Waals surface area contributed by atoms with E-state index >= 15 is 0 Å². The van der Waals surface area contributed by atoms with Crippen LogP contribution in [-0.2, 0) is 16.6 Å². The van der Waals surface area contributed by atoms with Crippen molar-refractivity contribution in [1.29, 1.82) is 0 Å². The number of fused-ring (bicyclic) bond motifs is 1. The highest BCUT2D eigenvalue weighted by Crippen LogP contribution is 2.27. The Hall–Kier alpha value is -2.68. The fourth-order valence-electron chi connectivity index (χ4n) is 2.70. The second kappa shape index (κ2) is 6.91. The number of nitrogens with zero attached hydrogens (tertiary/aromatic N) is 1. The maximum atomic E-state index is 12.6. The molecule has 0 spiro atoms. The molecule has 1 fully saturated rings. The van der Waals surface area contributed by atoms with Gasteiger partial charge in [-0.25, -0.2) is 13.1 Å². The van der Waals surface area contributed by atoms with Crippen LogP contribution in [0.5, 0.6) is 0 Å². The van der Waals surface area contributed by atoms with Gasteiger partial charge in [-0.1, -0.05) is 30.0 Å². The molecular weight excluding hydrogens is 344 g/mol. The number of sulfonamides is 1. The largest absolute Gasteiger partial charge is 0.256 e. The molecule has 1 N–H and O–H groups in total. The van der Waals surface area contributed by atoms with Gasteiger partial charge in [-0.15, -0.1) is 0 Å². The quantitative estimate of drug-likeness (QED) is 0.723. The zero-order chi connectivity index (χ0) is 18.0. The van der Waals surface area contributed by atoms with Crippen LogP contribution in [0.3, 0.4) is 0 Å². The lowest BCUT2D eigenvalue weighted by Gasteiger charge is -2.09. The van der Waals surface area contributed by atoms with Crippen molar-refractivity contribution in [3.05, 3.63) is 71.9 Å². The minimum atomic E-state index is -3.58. The lowest BCUT2D eigenvalue weighted by molar-refractivity contribution is 0.581. The van der Waals surface area contributed by atoms with Gasteiger partial charge in [0.2, 0.25) is 10.0 Å². The topological polar surface area (TPSA) is 59.1 Å². The Kier molecular flexibility index (Phi) is 4.46. The number of rotatable bonds is 4. The fraction of sp³-hybridized carbons (Fsp3) is 0.190. The van der Waals surface area contributed by atoms with Crippen molar-refractivity contribution in [3.8, 4) is 11.8 Å². The summed E-state index contributed by atoms with van der Waals surface area (Å²) in [7, 11) is -3.58. The summed E-state index contributed by atoms with van der Waals surface area (Å²) in [4.78, 5) is 4.54. The first-order chi connectivity index (χ1) is 12.6. The Bertz CT molecular complexity index is 1100. The van der Waals surface area contributed by atoms with E-state index in [9.17, 15) is 8.42 Å². The molecule has 26 heavy (non-hydrogen) atoms. The van der Waals surface area contributed by atoms with Gasteiger partial charge in [-0.05, 0) is 54.8 Å². The Morgan fingerprint density at radius 1 is 1.04 bits per heavy atom. The summed E-state index contributed by atoms with van der Waals surface area (Å²) >= 11 is 0. The molecule has 4 rings (SSSR count). The highest BCUT2D eigenvalue weighted by atomic mass is 32.2. The van der Waals surface area contributed by atoms with Gasteiger partial charge in [0.25, 0.3) is 0 Å². The SMILES string of the molecule is O=S(=O)(NCc1ccnc2ccccc12)c1ccc(C#CC2CC2)cc1. The van der Waals surface area contributed by atoms with Gasteiger partial charge in [-0.3, -0.25) is 4.98 Å². The molecule has 0 atom stereocenters. The minimum absolute atomic E-state index is 0.217. The zero-order valence-corrected chi connectivity index (χ0v) is 15.0. The molecule has 1 aliphatic carbocycles. The van der Waals surface area contributed by atoms with E-state index in [4.69, 9.17) is 0 Å². The lowest BCUT2D eigenvalue weighted by Crippen LogP contribution is -2.23. The number of para-hydroxylation sites is 1. The number of aromatic nitrogens is 1. The van der Waals surface area contributed by atoms with E-state index in [2.05, 4.69) is 21.5 Å². The Balaban J connectivity index is 1.51. The van der Waals surface area contributed by atoms with Crippen LogP contribution in [0.1, 0.15) is 24.0 Å². The summed E-state index contributed by atoms with van der Waals surface area (Å²) in [5, 5.41) is 0.948. The number of benzene rings is 2. The second-order valence-corrected chi connectivity index (χ2v) is 8.15. The molecule has 0 saturated heterocycles. The van der Waals surface area contributed by atoms with E-state index in [0.717, 1.165) is 22.0 Å². The molecule has 1 aliphatic rings. The molecular formula is C21H18N2O2S. The molecule has 3 aromatic rings. The van der Waals surface area contributed by atoms with Crippen LogP contribution in [-0.4, -0.2) is 13.4 Å². The fourth-order valence-corrected chi connectivity index (χ4v) is 3.70. The van der Waals surface area contributed by atoms with Crippen LogP contribution in [0.2, 0.25) is 0 Å². The van der Waals surface area contributed by atoms with E-state index in [1.807, 2.05) is 30.3 Å². The van der Waals surface area contributed by atoms with Gasteiger partial charge in [0.05, 0.1) is 10.4 Å². The molecule has 1 heterocycles. The van der Waals surface area contributed by atoms with Gasteiger partial charge in [0.1, 0.15) is 0 Å². The summed E-state index contributed by atoms with van der Waals surface area (Å²) < 4.78 is 27.8. The molecule has 0 amide bonds. The van der Waals surface area contributed by atoms with Crippen molar-refractivity contribution in [2.75, 3.05) is 0 Å². The molecule has 1 aromatic heterocycles. The zero-order valence-electron chi connectivity index (χ0n) is 14.1. The monoisotopic (exact) mass is 362 g/mol. The first-order valence-corrected chi connectivity index (χ1v) is 10.0. The smallest absolute Gasteiger partial charge is 0.240 e. The van der Waals surface area contributed by atoms with E-state index < -0.39 is 10.0 Å². The second-order valence-electron chi connectivity index (χ2n) is 6.38. The molecule has 4 nitrogen and oxygen atoms in total. The van der Waals surface area contributed by atoms with Crippen LogP contribution < -0.4 is 4.72 Å². The Morgan fingerprint density at radius 2 is 1.81 bits per heavy atom. The summed E-state index contributed by atoms with van der Waals surface area (Å²) in [6, 6.07) is 16.2. The normalized spacial score (nSPS) is 14.0. The third-order valence-electron chi connectivity index (χ3n) is 4.35. The minimum Gasteiger partial charge on any atom is -0.256 e. The average Bonchev–Trinajstić information content (AvgIpc) is 3.49. The molecule has 0 unspecified atom stereocenters. The molecule has 1 saturated carbocycles. The van der Waals surface area contributed by atoms with Crippen molar-refractivity contribution in [1.82, 2.24) is 9.71 Å². The lowest BCUT2D eigenvalue weighted by atomic mass is 10.1. The third kappa shape index (κ3) is 3.77. The van der Waals surface area contributed by atoms with E-state index in [-0.39, 0.29) is 11.4 Å². The van der Waals surface area contributed by atoms with Gasteiger partial charge in [0.15, 0.2) is 0 Å². The summed E-state index contributed by atoms with van der Waals surface area (Å²) in [5.41, 5.74) is 2.59. The molecule has 2 aromatic carbocycles. The van der Waals surface area contributed by atoms with Crippen molar-refractivity contribution in [2.45, 2.75) is 24.3 Å². The number of hydrogen-bond acceptors (Lipinski definition) is 3. The number of hydrogen-bond donors (Lipinski definition) is 1. The molecule has 5 heteroatoms. The van der Waals surface area contributed by atoms with Gasteiger partial charge >= 0.3 is 0 Å². The highest BCUT2D eigenvalue weighted by molar-refractivity contribution is 7.89.